The van der Waals surface area contributed by atoms with Gasteiger partial charge in [-0.05, 0) is 6.42 Å². The fourth-order valence-electron chi connectivity index (χ4n) is 3.00. The maximum atomic E-state index is 11.5. The predicted octanol–water partition coefficient (Wildman–Crippen LogP) is 2.12. The maximum Gasteiger partial charge on any atom is 0.305 e. The number of ether oxygens (including phenoxy) is 10. The van der Waals surface area contributed by atoms with Crippen LogP contribution in [0.4, 0.5) is 0 Å². The summed E-state index contributed by atoms with van der Waals surface area (Å²) in [5, 5.41) is 8.47. The summed E-state index contributed by atoms with van der Waals surface area (Å²) in [4.78, 5) is 21.8. The number of unbranched alkanes of at least 4 members (excludes halogenated alkanes) is 3. The van der Waals surface area contributed by atoms with Crippen LogP contribution in [0.3, 0.4) is 0 Å². The van der Waals surface area contributed by atoms with E-state index in [9.17, 15) is 9.59 Å². The molecule has 0 aromatic heterocycles. The Morgan fingerprint density at radius 2 is 0.732 bits per heavy atom. The van der Waals surface area contributed by atoms with Crippen LogP contribution in [-0.2, 0) is 57.0 Å². The lowest BCUT2D eigenvalue weighted by Gasteiger charge is -2.09. The molecule has 0 rings (SSSR count). The largest absolute Gasteiger partial charge is 0.481 e. The molecule has 0 bridgehead atoms. The molecule has 13 nitrogen and oxygen atoms in total. The number of esters is 1. The molecule has 1 N–H and O–H groups in total. The van der Waals surface area contributed by atoms with Crippen LogP contribution in [-0.4, -0.2) is 143 Å². The molecule has 0 unspecified atom stereocenters. The van der Waals surface area contributed by atoms with Crippen LogP contribution in [0.5, 0.6) is 0 Å². The number of carboxylic acids is 1. The Kier molecular flexibility index (Phi) is 33.6. The molecule has 0 aliphatic rings. The zero-order chi connectivity index (χ0) is 29.9. The van der Waals surface area contributed by atoms with Gasteiger partial charge in [0.2, 0.25) is 0 Å². The first-order chi connectivity index (χ1) is 20.2. The van der Waals surface area contributed by atoms with Gasteiger partial charge >= 0.3 is 11.9 Å². The number of aliphatic carboxylic acids is 1. The lowest BCUT2D eigenvalue weighted by Crippen LogP contribution is -2.15. The van der Waals surface area contributed by atoms with Crippen LogP contribution in [0.25, 0.3) is 0 Å². The first-order valence-corrected chi connectivity index (χ1v) is 14.7. The lowest BCUT2D eigenvalue weighted by atomic mass is 10.2. The summed E-state index contributed by atoms with van der Waals surface area (Å²) in [5.41, 5.74) is 0. The average Bonchev–Trinajstić information content (AvgIpc) is 2.96. The number of hydrogen-bond donors (Lipinski definition) is 1. The van der Waals surface area contributed by atoms with E-state index in [2.05, 4.69) is 6.92 Å². The minimum absolute atomic E-state index is 0.00308. The summed E-state index contributed by atoms with van der Waals surface area (Å²) in [7, 11) is 0. The molecule has 0 saturated heterocycles. The first-order valence-electron chi connectivity index (χ1n) is 14.7. The van der Waals surface area contributed by atoms with Gasteiger partial charge in [-0.15, -0.1) is 0 Å². The normalized spacial score (nSPS) is 11.2. The number of carbonyl (C=O) groups excluding carboxylic acids is 1. The molecule has 41 heavy (non-hydrogen) atoms. The van der Waals surface area contributed by atoms with Gasteiger partial charge in [-0.2, -0.15) is 0 Å². The van der Waals surface area contributed by atoms with Crippen LogP contribution >= 0.6 is 0 Å². The van der Waals surface area contributed by atoms with E-state index in [-0.39, 0.29) is 25.6 Å². The zero-order valence-corrected chi connectivity index (χ0v) is 25.0. The van der Waals surface area contributed by atoms with Crippen molar-refractivity contribution in [2.24, 2.45) is 0 Å². The number of carboxylic acid groups (broad SMARTS) is 1. The highest BCUT2D eigenvalue weighted by molar-refractivity contribution is 5.69. The summed E-state index contributed by atoms with van der Waals surface area (Å²) in [6.07, 6.45) is 4.74. The topological polar surface area (TPSA) is 147 Å². The quantitative estimate of drug-likeness (QED) is 0.0840. The third-order valence-corrected chi connectivity index (χ3v) is 5.16. The van der Waals surface area contributed by atoms with Crippen molar-refractivity contribution in [2.45, 2.75) is 45.4 Å². The summed E-state index contributed by atoms with van der Waals surface area (Å²) >= 11 is 0. The van der Waals surface area contributed by atoms with E-state index in [4.69, 9.17) is 52.5 Å². The fourth-order valence-corrected chi connectivity index (χ4v) is 3.00. The second-order valence-corrected chi connectivity index (χ2v) is 8.69. The number of rotatable bonds is 35. The van der Waals surface area contributed by atoms with Gasteiger partial charge in [0, 0.05) is 6.42 Å². The van der Waals surface area contributed by atoms with Crippen LogP contribution in [0.1, 0.15) is 45.4 Å². The van der Waals surface area contributed by atoms with Crippen molar-refractivity contribution in [3.63, 3.8) is 0 Å². The molecule has 0 aliphatic carbocycles. The third kappa shape index (κ3) is 36.6. The van der Waals surface area contributed by atoms with Crippen LogP contribution < -0.4 is 0 Å². The molecule has 244 valence electrons. The Labute approximate surface area is 245 Å². The molecule has 0 atom stereocenters. The molecule has 0 aliphatic heterocycles. The van der Waals surface area contributed by atoms with E-state index in [1.54, 1.807) is 0 Å². The molecule has 0 heterocycles. The molecule has 0 spiro atoms. The molecule has 13 heteroatoms. The highest BCUT2D eigenvalue weighted by Crippen LogP contribution is 2.03. The van der Waals surface area contributed by atoms with E-state index in [0.717, 1.165) is 25.7 Å². The molecule has 0 fully saturated rings. The van der Waals surface area contributed by atoms with Gasteiger partial charge in [0.15, 0.2) is 0 Å². The summed E-state index contributed by atoms with van der Waals surface area (Å²) in [6, 6.07) is 0. The van der Waals surface area contributed by atoms with Gasteiger partial charge < -0.3 is 52.5 Å². The smallest absolute Gasteiger partial charge is 0.305 e. The SMILES string of the molecule is CCCCCCC(=O)OCCOCCOCCOCCOCCOCCOCCOCCOCCOCCC(=O)O. The van der Waals surface area contributed by atoms with Crippen molar-refractivity contribution in [3.8, 4) is 0 Å². The summed E-state index contributed by atoms with van der Waals surface area (Å²) < 4.78 is 53.5. The molecular weight excluding hydrogens is 544 g/mol. The van der Waals surface area contributed by atoms with Gasteiger partial charge in [-0.25, -0.2) is 0 Å². The summed E-state index contributed by atoms with van der Waals surface area (Å²) in [5.74, 6) is -1.03. The first kappa shape index (κ1) is 39.6. The Morgan fingerprint density at radius 1 is 0.415 bits per heavy atom. The van der Waals surface area contributed by atoms with Crippen molar-refractivity contribution in [1.82, 2.24) is 0 Å². The third-order valence-electron chi connectivity index (χ3n) is 5.16. The molecule has 0 aromatic rings. The number of hydrogen-bond acceptors (Lipinski definition) is 12. The molecular formula is C28H54O13. The Bertz CT molecular complexity index is 551. The zero-order valence-electron chi connectivity index (χ0n) is 25.0. The fraction of sp³-hybridized carbons (Fsp3) is 0.929. The number of carbonyl (C=O) groups is 2. The maximum absolute atomic E-state index is 11.5. The highest BCUT2D eigenvalue weighted by atomic mass is 16.6. The average molecular weight is 599 g/mol. The van der Waals surface area contributed by atoms with E-state index in [1.807, 2.05) is 0 Å². The van der Waals surface area contributed by atoms with E-state index in [0.29, 0.717) is 119 Å². The van der Waals surface area contributed by atoms with Crippen LogP contribution in [0, 0.1) is 0 Å². The van der Waals surface area contributed by atoms with Gasteiger partial charge in [0.05, 0.1) is 125 Å². The van der Waals surface area contributed by atoms with Gasteiger partial charge in [-0.3, -0.25) is 9.59 Å². The van der Waals surface area contributed by atoms with E-state index >= 15 is 0 Å². The Balaban J connectivity index is 3.08. The predicted molar refractivity (Wildman–Crippen MR) is 149 cm³/mol. The van der Waals surface area contributed by atoms with Gasteiger partial charge in [0.25, 0.3) is 0 Å². The van der Waals surface area contributed by atoms with Crippen molar-refractivity contribution in [1.29, 1.82) is 0 Å². The van der Waals surface area contributed by atoms with Gasteiger partial charge in [-0.1, -0.05) is 26.2 Å². The molecule has 0 saturated carbocycles. The second kappa shape index (κ2) is 34.8. The molecule has 0 aromatic carbocycles. The lowest BCUT2D eigenvalue weighted by molar-refractivity contribution is -0.145. The van der Waals surface area contributed by atoms with E-state index in [1.165, 1.54) is 0 Å². The van der Waals surface area contributed by atoms with Crippen molar-refractivity contribution >= 4 is 11.9 Å². The van der Waals surface area contributed by atoms with Crippen LogP contribution in [0.15, 0.2) is 0 Å². The second-order valence-electron chi connectivity index (χ2n) is 8.69. The molecule has 0 radical (unpaired) electrons. The molecule has 0 amide bonds. The Hall–Kier alpha value is -1.42. The minimum atomic E-state index is -0.875. The van der Waals surface area contributed by atoms with Crippen molar-refractivity contribution in [3.05, 3.63) is 0 Å². The van der Waals surface area contributed by atoms with Crippen molar-refractivity contribution in [2.75, 3.05) is 126 Å². The van der Waals surface area contributed by atoms with Crippen molar-refractivity contribution < 1.29 is 62.1 Å². The summed E-state index contributed by atoms with van der Waals surface area (Å²) in [6.45, 7) is 10.4. The Morgan fingerprint density at radius 3 is 1.05 bits per heavy atom. The van der Waals surface area contributed by atoms with Crippen LogP contribution in [0.2, 0.25) is 0 Å². The monoisotopic (exact) mass is 598 g/mol. The van der Waals surface area contributed by atoms with Gasteiger partial charge in [0.1, 0.15) is 6.61 Å². The minimum Gasteiger partial charge on any atom is -0.481 e. The van der Waals surface area contributed by atoms with E-state index < -0.39 is 5.97 Å². The standard InChI is InChI=1S/C28H54O13/c1-2-3-4-5-6-28(31)41-26-25-40-24-23-39-22-21-38-20-19-37-18-17-36-16-15-35-14-13-34-12-11-33-10-9-32-8-7-27(29)30/h2-26H2,1H3,(H,29,30). The highest BCUT2D eigenvalue weighted by Gasteiger charge is 2.02.